The molecule has 0 heterocycles. The van der Waals surface area contributed by atoms with Crippen molar-refractivity contribution in [2.75, 3.05) is 0 Å². The van der Waals surface area contributed by atoms with Crippen molar-refractivity contribution in [2.24, 2.45) is 61.6 Å². The van der Waals surface area contributed by atoms with Crippen molar-refractivity contribution < 1.29 is 0 Å². The summed E-state index contributed by atoms with van der Waals surface area (Å²) in [5, 5.41) is 0. The number of hydrogen-bond acceptors (Lipinski definition) is 0. The molecule has 7 aliphatic rings. The molecule has 0 saturated carbocycles. The normalized spacial score (nSPS) is 20.7. The second-order valence-corrected chi connectivity index (χ2v) is 39.2. The first kappa shape index (κ1) is 79.2. The zero-order chi connectivity index (χ0) is 72.0. The Bertz CT molecular complexity index is 3510. The Morgan fingerprint density at radius 2 is 0.414 bits per heavy atom. The molecular formula is C99H142. The van der Waals surface area contributed by atoms with E-state index in [2.05, 4.69) is 315 Å². The van der Waals surface area contributed by atoms with Crippen molar-refractivity contribution in [1.82, 2.24) is 0 Å². The van der Waals surface area contributed by atoms with Crippen LogP contribution in [-0.2, 0) is 70.6 Å². The van der Waals surface area contributed by atoms with E-state index >= 15 is 0 Å². The summed E-state index contributed by atoms with van der Waals surface area (Å²) in [6.45, 7) is 49.7. The number of fused-ring (bicyclic) bond motifs is 7. The number of aryl methyl sites for hydroxylation is 7. The minimum Gasteiger partial charge on any atom is -0.0620 e. The largest absolute Gasteiger partial charge is 0.0620 e. The van der Waals surface area contributed by atoms with Gasteiger partial charge in [-0.1, -0.05) is 322 Å². The molecule has 0 fully saturated rings. The highest BCUT2D eigenvalue weighted by atomic mass is 14.4. The topological polar surface area (TPSA) is 0 Å². The lowest BCUT2D eigenvalue weighted by Gasteiger charge is -2.35. The van der Waals surface area contributed by atoms with Gasteiger partial charge in [-0.15, -0.1) is 0 Å². The monoisotopic (exact) mass is 1330 g/mol. The van der Waals surface area contributed by atoms with Crippen LogP contribution in [0.1, 0.15) is 312 Å². The van der Waals surface area contributed by atoms with Crippen LogP contribution in [0.4, 0.5) is 0 Å². The highest BCUT2D eigenvalue weighted by molar-refractivity contribution is 5.38. The average molecular weight is 1330 g/mol. The molecule has 99 heavy (non-hydrogen) atoms. The molecule has 0 N–H and O–H groups in total. The molecule has 0 radical (unpaired) electrons. The number of hydrogen-bond donors (Lipinski definition) is 0. The number of rotatable bonds is 0. The molecule has 7 aromatic rings. The summed E-state index contributed by atoms with van der Waals surface area (Å²) in [5.41, 5.74) is 25.3. The minimum atomic E-state index is 0.403. The van der Waals surface area contributed by atoms with Crippen LogP contribution >= 0.6 is 0 Å². The van der Waals surface area contributed by atoms with Crippen molar-refractivity contribution in [2.45, 2.75) is 304 Å². The molecule has 5 atom stereocenters. The zero-order valence-electron chi connectivity index (χ0n) is 67.3. The van der Waals surface area contributed by atoms with Gasteiger partial charge in [0.2, 0.25) is 0 Å². The first-order chi connectivity index (χ1) is 46.6. The van der Waals surface area contributed by atoms with Crippen LogP contribution in [0.3, 0.4) is 0 Å². The van der Waals surface area contributed by atoms with Gasteiger partial charge in [-0.2, -0.15) is 0 Å². The van der Waals surface area contributed by atoms with Crippen LogP contribution in [0.15, 0.2) is 170 Å². The maximum atomic E-state index is 2.38. The van der Waals surface area contributed by atoms with Crippen molar-refractivity contribution in [3.05, 3.63) is 248 Å². The van der Waals surface area contributed by atoms with Crippen molar-refractivity contribution in [1.29, 1.82) is 0 Å². The molecule has 0 spiro atoms. The van der Waals surface area contributed by atoms with E-state index < -0.39 is 0 Å². The first-order valence-corrected chi connectivity index (χ1v) is 40.1. The lowest BCUT2D eigenvalue weighted by atomic mass is 9.69. The van der Waals surface area contributed by atoms with Gasteiger partial charge in [0.15, 0.2) is 0 Å². The SMILES string of the molecule is CC(C)(C)C1CCCCc2ccccc21.CC(C)(C)C1CCCc2ccccc21.CC(C)(C)C1CCCc2ccccc2C1.CC(C)(C)C1CCc2ccccc21.CC(C)(C)C1CCc2ccccc2C1.CC(C)(C)C1CCc2ccccc2CC1.CC(C)(C)C1Cc2ccccc2C1. The highest BCUT2D eigenvalue weighted by Gasteiger charge is 2.35. The average Bonchev–Trinajstić information content (AvgIpc) is 1.66. The van der Waals surface area contributed by atoms with E-state index in [0.29, 0.717) is 37.9 Å². The third-order valence-electron chi connectivity index (χ3n) is 24.8. The third kappa shape index (κ3) is 23.3. The van der Waals surface area contributed by atoms with E-state index in [9.17, 15) is 0 Å². The van der Waals surface area contributed by atoms with E-state index in [1.807, 2.05) is 0 Å². The summed E-state index contributed by atoms with van der Waals surface area (Å²) < 4.78 is 0. The van der Waals surface area contributed by atoms with Gasteiger partial charge in [-0.25, -0.2) is 0 Å². The molecule has 7 aliphatic carbocycles. The Morgan fingerprint density at radius 3 is 0.788 bits per heavy atom. The Morgan fingerprint density at radius 1 is 0.182 bits per heavy atom. The highest BCUT2D eigenvalue weighted by Crippen LogP contribution is 2.47. The molecule has 0 saturated heterocycles. The second kappa shape index (κ2) is 34.7. The quantitative estimate of drug-likeness (QED) is 0.133. The molecule has 0 aromatic heterocycles. The smallest absolute Gasteiger partial charge is 0.0107 e. The van der Waals surface area contributed by atoms with Crippen molar-refractivity contribution >= 4 is 0 Å². The van der Waals surface area contributed by atoms with Crippen LogP contribution in [0, 0.1) is 61.6 Å². The zero-order valence-corrected chi connectivity index (χ0v) is 67.3. The summed E-state index contributed by atoms with van der Waals surface area (Å²) in [4.78, 5) is 0. The maximum absolute atomic E-state index is 2.38. The first-order valence-electron chi connectivity index (χ1n) is 40.1. The number of benzene rings is 7. The minimum absolute atomic E-state index is 0.403. The lowest BCUT2D eigenvalue weighted by Crippen LogP contribution is -2.26. The van der Waals surface area contributed by atoms with Crippen LogP contribution in [0.5, 0.6) is 0 Å². The Hall–Kier alpha value is -5.46. The fourth-order valence-electron chi connectivity index (χ4n) is 17.9. The van der Waals surface area contributed by atoms with Gasteiger partial charge >= 0.3 is 0 Å². The van der Waals surface area contributed by atoms with Gasteiger partial charge in [0.25, 0.3) is 0 Å². The van der Waals surface area contributed by atoms with Crippen LogP contribution in [-0.4, -0.2) is 0 Å². The maximum Gasteiger partial charge on any atom is -0.0107 e. The third-order valence-corrected chi connectivity index (χ3v) is 24.8. The molecule has 0 heteroatoms. The molecule has 5 unspecified atom stereocenters. The molecule has 0 amide bonds. The summed E-state index contributed by atoms with van der Waals surface area (Å²) in [6, 6.07) is 62.7. The molecular weight excluding hydrogens is 1190 g/mol. The molecule has 7 aromatic carbocycles. The van der Waals surface area contributed by atoms with E-state index in [1.165, 1.54) is 141 Å². The summed E-state index contributed by atoms with van der Waals surface area (Å²) >= 11 is 0. The standard InChI is InChI=1S/3C15H22.2C14H20.2C13H18/c1-15(2,3)14-11-7-5-9-12-8-4-6-10-13(12)14;1-15(2,3)14-10-6-9-12-7-4-5-8-13(12)11-14;1-15(2,3)14-10-8-12-6-4-5-7-13(12)9-11-14;1-14(2,3)13-10-6-8-11-7-4-5-9-12(11)13;1-14(2,3)13-9-8-11-6-4-5-7-12(11)10-13;1-13(2,3)12-8-10-6-4-5-7-11(10)9-12;1-13(2,3)12-9-8-10-6-4-5-7-11(10)12/h4,6,8,10,14H,5,7,9,11H2,1-3H3;4-5,7-8,14H,6,9-11H2,1-3H3;4-7,14H,8-11H2,1-3H3;4-5,7,9,13H,6,8,10H2,1-3H3;4-7,13H,8-10H2,1-3H3;2*4-7,12H,8-9H2,1-3H3. The second-order valence-electron chi connectivity index (χ2n) is 39.2. The van der Waals surface area contributed by atoms with Gasteiger partial charge in [0, 0.05) is 0 Å². The predicted octanol–water partition coefficient (Wildman–Crippen LogP) is 28.2. The van der Waals surface area contributed by atoms with Gasteiger partial charge < -0.3 is 0 Å². The molecule has 0 bridgehead atoms. The van der Waals surface area contributed by atoms with Gasteiger partial charge in [-0.3, -0.25) is 0 Å². The molecule has 14 rings (SSSR count). The van der Waals surface area contributed by atoms with Crippen LogP contribution in [0.25, 0.3) is 0 Å². The van der Waals surface area contributed by atoms with Crippen LogP contribution in [0.2, 0.25) is 0 Å². The van der Waals surface area contributed by atoms with Gasteiger partial charge in [0.05, 0.1) is 0 Å². The van der Waals surface area contributed by atoms with E-state index in [0.717, 1.165) is 41.4 Å². The predicted molar refractivity (Wildman–Crippen MR) is 435 cm³/mol. The fourth-order valence-corrected chi connectivity index (χ4v) is 17.9. The van der Waals surface area contributed by atoms with Gasteiger partial charge in [-0.05, 0) is 292 Å². The van der Waals surface area contributed by atoms with E-state index in [-0.39, 0.29) is 0 Å². The Kier molecular flexibility index (Phi) is 27.8. The van der Waals surface area contributed by atoms with Crippen molar-refractivity contribution in [3.8, 4) is 0 Å². The van der Waals surface area contributed by atoms with E-state index in [4.69, 9.17) is 0 Å². The summed E-state index contributed by atoms with van der Waals surface area (Å²) in [6.07, 6.45) is 29.1. The van der Waals surface area contributed by atoms with Gasteiger partial charge in [0.1, 0.15) is 0 Å². The van der Waals surface area contributed by atoms with Crippen LogP contribution < -0.4 is 0 Å². The molecule has 0 aliphatic heterocycles. The summed E-state index contributed by atoms with van der Waals surface area (Å²) in [7, 11) is 0. The molecule has 538 valence electrons. The molecule has 0 nitrogen and oxygen atoms in total. The summed E-state index contributed by atoms with van der Waals surface area (Å²) in [5.74, 6) is 5.70. The van der Waals surface area contributed by atoms with E-state index in [1.54, 1.807) is 77.9 Å². The Labute approximate surface area is 610 Å². The fraction of sp³-hybridized carbons (Fsp3) is 0.576. The van der Waals surface area contributed by atoms with Crippen molar-refractivity contribution in [3.63, 3.8) is 0 Å². The lowest BCUT2D eigenvalue weighted by molar-refractivity contribution is 0.216. The Balaban J connectivity index is 0.000000147.